The van der Waals surface area contributed by atoms with Crippen molar-refractivity contribution in [3.63, 3.8) is 0 Å². The van der Waals surface area contributed by atoms with E-state index in [0.717, 1.165) is 45.8 Å². The van der Waals surface area contributed by atoms with E-state index in [2.05, 4.69) is 26.6 Å². The fourth-order valence-corrected chi connectivity index (χ4v) is 1.92. The number of aromatic nitrogens is 1. The summed E-state index contributed by atoms with van der Waals surface area (Å²) in [6.07, 6.45) is 3.78. The van der Waals surface area contributed by atoms with Gasteiger partial charge in [-0.1, -0.05) is 6.07 Å². The van der Waals surface area contributed by atoms with Crippen molar-refractivity contribution in [2.75, 3.05) is 39.3 Å². The van der Waals surface area contributed by atoms with Crippen molar-refractivity contribution in [1.29, 1.82) is 0 Å². The average Bonchev–Trinajstić information content (AvgIpc) is 2.45. The summed E-state index contributed by atoms with van der Waals surface area (Å²) in [5.74, 6) is 0. The lowest BCUT2D eigenvalue weighted by Gasteiger charge is -2.21. The molecule has 1 aromatic rings. The van der Waals surface area contributed by atoms with Crippen LogP contribution in [0, 0.1) is 0 Å². The topological polar surface area (TPSA) is 40.2 Å². The molecule has 0 bridgehead atoms. The first kappa shape index (κ1) is 11.5. The number of rotatable bonds is 2. The number of nitrogens with one attached hydrogen (secondary N) is 2. The van der Waals surface area contributed by atoms with Gasteiger partial charge in [-0.25, -0.2) is 0 Å². The molecule has 4 heteroatoms. The Balaban J connectivity index is 1.86. The Morgan fingerprint density at radius 3 is 2.50 bits per heavy atom. The summed E-state index contributed by atoms with van der Waals surface area (Å²) in [6.45, 7) is 7.50. The molecule has 2 N–H and O–H groups in total. The molecule has 88 valence electrons. The lowest BCUT2D eigenvalue weighted by molar-refractivity contribution is 0.272. The Hall–Kier alpha value is -0.970. The molecule has 1 aliphatic rings. The van der Waals surface area contributed by atoms with Crippen molar-refractivity contribution in [2.45, 2.75) is 6.54 Å². The van der Waals surface area contributed by atoms with Crippen LogP contribution in [0.15, 0.2) is 24.5 Å². The molecule has 0 saturated carbocycles. The lowest BCUT2D eigenvalue weighted by atomic mass is 10.2. The maximum Gasteiger partial charge on any atom is 0.0312 e. The number of hydrogen-bond donors (Lipinski definition) is 2. The van der Waals surface area contributed by atoms with Gasteiger partial charge in [-0.05, 0) is 11.6 Å². The van der Waals surface area contributed by atoms with E-state index in [0.29, 0.717) is 0 Å². The van der Waals surface area contributed by atoms with Crippen LogP contribution in [0.5, 0.6) is 0 Å². The van der Waals surface area contributed by atoms with Crippen LogP contribution in [-0.4, -0.2) is 49.2 Å². The van der Waals surface area contributed by atoms with Gasteiger partial charge in [0.05, 0.1) is 0 Å². The van der Waals surface area contributed by atoms with Gasteiger partial charge in [0.15, 0.2) is 0 Å². The van der Waals surface area contributed by atoms with Gasteiger partial charge >= 0.3 is 0 Å². The zero-order valence-corrected chi connectivity index (χ0v) is 9.65. The predicted octanol–water partition coefficient (Wildman–Crippen LogP) is 0.0764. The molecular formula is C12H20N4. The van der Waals surface area contributed by atoms with Crippen molar-refractivity contribution in [3.8, 4) is 0 Å². The first-order chi connectivity index (χ1) is 7.95. The molecule has 0 aromatic carbocycles. The maximum absolute atomic E-state index is 4.15. The van der Waals surface area contributed by atoms with Crippen molar-refractivity contribution in [3.05, 3.63) is 30.1 Å². The second-order valence-electron chi connectivity index (χ2n) is 4.14. The summed E-state index contributed by atoms with van der Waals surface area (Å²) in [5.41, 5.74) is 1.29. The molecule has 0 aliphatic carbocycles. The number of nitrogens with zero attached hydrogens (tertiary/aromatic N) is 2. The second-order valence-corrected chi connectivity index (χ2v) is 4.14. The van der Waals surface area contributed by atoms with E-state index in [1.165, 1.54) is 5.56 Å². The fourth-order valence-electron chi connectivity index (χ4n) is 1.92. The molecule has 2 rings (SSSR count). The normalized spacial score (nSPS) is 19.8. The number of pyridine rings is 1. The largest absolute Gasteiger partial charge is 0.314 e. The molecule has 1 aliphatic heterocycles. The third-order valence-corrected chi connectivity index (χ3v) is 2.82. The van der Waals surface area contributed by atoms with E-state index < -0.39 is 0 Å². The Kier molecular flexibility index (Phi) is 4.73. The molecule has 0 spiro atoms. The SMILES string of the molecule is c1cncc(CN2CCNCCNCC2)c1. The lowest BCUT2D eigenvalue weighted by Crippen LogP contribution is -2.33. The van der Waals surface area contributed by atoms with E-state index in [-0.39, 0.29) is 0 Å². The van der Waals surface area contributed by atoms with Gasteiger partial charge in [-0.15, -0.1) is 0 Å². The molecule has 0 amide bonds. The highest BCUT2D eigenvalue weighted by molar-refractivity contribution is 5.08. The van der Waals surface area contributed by atoms with Crippen molar-refractivity contribution in [2.24, 2.45) is 0 Å². The minimum absolute atomic E-state index is 0.997. The van der Waals surface area contributed by atoms with Crippen molar-refractivity contribution in [1.82, 2.24) is 20.5 Å². The second kappa shape index (κ2) is 6.58. The zero-order valence-electron chi connectivity index (χ0n) is 9.65. The molecule has 1 fully saturated rings. The van der Waals surface area contributed by atoms with Crippen LogP contribution < -0.4 is 10.6 Å². The Bertz CT molecular complexity index is 278. The molecule has 2 heterocycles. The summed E-state index contributed by atoms with van der Waals surface area (Å²) in [7, 11) is 0. The molecule has 1 aromatic heterocycles. The minimum Gasteiger partial charge on any atom is -0.314 e. The van der Waals surface area contributed by atoms with Crippen LogP contribution >= 0.6 is 0 Å². The summed E-state index contributed by atoms with van der Waals surface area (Å²) in [4.78, 5) is 6.61. The third kappa shape index (κ3) is 3.89. The number of hydrogen-bond acceptors (Lipinski definition) is 4. The summed E-state index contributed by atoms with van der Waals surface area (Å²) >= 11 is 0. The van der Waals surface area contributed by atoms with Crippen LogP contribution in [-0.2, 0) is 6.54 Å². The molecular weight excluding hydrogens is 200 g/mol. The van der Waals surface area contributed by atoms with E-state index in [1.807, 2.05) is 18.5 Å². The highest BCUT2D eigenvalue weighted by atomic mass is 15.2. The third-order valence-electron chi connectivity index (χ3n) is 2.82. The average molecular weight is 220 g/mol. The molecule has 0 atom stereocenters. The van der Waals surface area contributed by atoms with Crippen LogP contribution in [0.1, 0.15) is 5.56 Å². The monoisotopic (exact) mass is 220 g/mol. The van der Waals surface area contributed by atoms with Crippen molar-refractivity contribution < 1.29 is 0 Å². The van der Waals surface area contributed by atoms with Crippen LogP contribution in [0.25, 0.3) is 0 Å². The van der Waals surface area contributed by atoms with Gasteiger partial charge in [-0.3, -0.25) is 9.88 Å². The Morgan fingerprint density at radius 2 is 1.88 bits per heavy atom. The van der Waals surface area contributed by atoms with E-state index in [9.17, 15) is 0 Å². The van der Waals surface area contributed by atoms with Crippen LogP contribution in [0.3, 0.4) is 0 Å². The summed E-state index contributed by atoms with van der Waals surface area (Å²) in [6, 6.07) is 4.14. The molecule has 0 radical (unpaired) electrons. The van der Waals surface area contributed by atoms with Gasteiger partial charge in [-0.2, -0.15) is 0 Å². The first-order valence-electron chi connectivity index (χ1n) is 5.98. The summed E-state index contributed by atoms with van der Waals surface area (Å²) in [5, 5.41) is 6.85. The summed E-state index contributed by atoms with van der Waals surface area (Å²) < 4.78 is 0. The first-order valence-corrected chi connectivity index (χ1v) is 5.98. The van der Waals surface area contributed by atoms with Gasteiger partial charge < -0.3 is 10.6 Å². The van der Waals surface area contributed by atoms with E-state index in [1.54, 1.807) is 0 Å². The van der Waals surface area contributed by atoms with Gasteiger partial charge in [0.1, 0.15) is 0 Å². The van der Waals surface area contributed by atoms with Crippen LogP contribution in [0.2, 0.25) is 0 Å². The fraction of sp³-hybridized carbons (Fsp3) is 0.583. The standard InChI is InChI=1S/C12H20N4/c1-2-12(10-15-3-1)11-16-8-6-13-4-5-14-7-9-16/h1-3,10,13-14H,4-9,11H2. The van der Waals surface area contributed by atoms with Gasteiger partial charge in [0.2, 0.25) is 0 Å². The quantitative estimate of drug-likeness (QED) is 0.740. The molecule has 16 heavy (non-hydrogen) atoms. The maximum atomic E-state index is 4.15. The predicted molar refractivity (Wildman–Crippen MR) is 65.3 cm³/mol. The molecule has 4 nitrogen and oxygen atoms in total. The van der Waals surface area contributed by atoms with Crippen molar-refractivity contribution >= 4 is 0 Å². The highest BCUT2D eigenvalue weighted by Gasteiger charge is 2.06. The molecule has 0 unspecified atom stereocenters. The van der Waals surface area contributed by atoms with Gasteiger partial charge in [0, 0.05) is 58.2 Å². The van der Waals surface area contributed by atoms with Gasteiger partial charge in [0.25, 0.3) is 0 Å². The van der Waals surface area contributed by atoms with E-state index >= 15 is 0 Å². The minimum atomic E-state index is 0.997. The Labute approximate surface area is 97.1 Å². The zero-order chi connectivity index (χ0) is 11.1. The Morgan fingerprint density at radius 1 is 1.12 bits per heavy atom. The van der Waals surface area contributed by atoms with E-state index in [4.69, 9.17) is 0 Å². The van der Waals surface area contributed by atoms with Crippen LogP contribution in [0.4, 0.5) is 0 Å². The highest BCUT2D eigenvalue weighted by Crippen LogP contribution is 2.01. The molecule has 1 saturated heterocycles. The smallest absolute Gasteiger partial charge is 0.0312 e.